The fourth-order valence-corrected chi connectivity index (χ4v) is 1.25. The Balaban J connectivity index is 2.14. The molecule has 0 saturated carbocycles. The Labute approximate surface area is 88.5 Å². The summed E-state index contributed by atoms with van der Waals surface area (Å²) in [4.78, 5) is 23.9. The van der Waals surface area contributed by atoms with Crippen LogP contribution < -0.4 is 5.32 Å². The fourth-order valence-electron chi connectivity index (χ4n) is 1.25. The average Bonchev–Trinajstić information content (AvgIpc) is 2.29. The van der Waals surface area contributed by atoms with Gasteiger partial charge in [0.2, 0.25) is 0 Å². The molecule has 1 N–H and O–H groups in total. The molecule has 86 valence electrons. The SMILES string of the molecule is COC(=O)CCNC(=O)N1CCOCC1. The number of ether oxygens (including phenoxy) is 2. The molecular weight excluding hydrogens is 200 g/mol. The fraction of sp³-hybridized carbons (Fsp3) is 0.778. The van der Waals surface area contributed by atoms with Gasteiger partial charge in [0.15, 0.2) is 0 Å². The van der Waals surface area contributed by atoms with Crippen molar-refractivity contribution in [3.63, 3.8) is 0 Å². The Morgan fingerprint density at radius 2 is 2.07 bits per heavy atom. The lowest BCUT2D eigenvalue weighted by Crippen LogP contribution is -2.46. The van der Waals surface area contributed by atoms with Crippen molar-refractivity contribution < 1.29 is 19.1 Å². The van der Waals surface area contributed by atoms with Crippen molar-refractivity contribution in [1.29, 1.82) is 0 Å². The Kier molecular flexibility index (Phi) is 4.89. The second-order valence-corrected chi connectivity index (χ2v) is 3.16. The van der Waals surface area contributed by atoms with E-state index in [1.807, 2.05) is 0 Å². The zero-order valence-corrected chi connectivity index (χ0v) is 8.82. The topological polar surface area (TPSA) is 67.9 Å². The van der Waals surface area contributed by atoms with E-state index in [2.05, 4.69) is 10.1 Å². The third kappa shape index (κ3) is 4.16. The van der Waals surface area contributed by atoms with Gasteiger partial charge >= 0.3 is 12.0 Å². The molecule has 1 rings (SSSR count). The zero-order chi connectivity index (χ0) is 11.1. The average molecular weight is 216 g/mol. The first-order valence-electron chi connectivity index (χ1n) is 4.91. The van der Waals surface area contributed by atoms with E-state index in [1.165, 1.54) is 7.11 Å². The first kappa shape index (κ1) is 11.8. The molecule has 6 nitrogen and oxygen atoms in total. The molecule has 1 aliphatic rings. The quantitative estimate of drug-likeness (QED) is 0.651. The highest BCUT2D eigenvalue weighted by Crippen LogP contribution is 1.96. The molecule has 0 radical (unpaired) electrons. The van der Waals surface area contributed by atoms with E-state index in [1.54, 1.807) is 4.90 Å². The molecule has 6 heteroatoms. The van der Waals surface area contributed by atoms with Crippen LogP contribution in [0.2, 0.25) is 0 Å². The van der Waals surface area contributed by atoms with Gasteiger partial charge in [-0.2, -0.15) is 0 Å². The first-order chi connectivity index (χ1) is 7.24. The van der Waals surface area contributed by atoms with Gasteiger partial charge in [-0.05, 0) is 0 Å². The molecule has 0 aliphatic carbocycles. The lowest BCUT2D eigenvalue weighted by molar-refractivity contribution is -0.140. The zero-order valence-electron chi connectivity index (χ0n) is 8.82. The summed E-state index contributed by atoms with van der Waals surface area (Å²) in [7, 11) is 1.33. The summed E-state index contributed by atoms with van der Waals surface area (Å²) in [6.07, 6.45) is 0.201. The smallest absolute Gasteiger partial charge is 0.317 e. The Bertz CT molecular complexity index is 226. The van der Waals surface area contributed by atoms with E-state index < -0.39 is 0 Å². The monoisotopic (exact) mass is 216 g/mol. The number of carbonyl (C=O) groups is 2. The molecule has 2 amide bonds. The highest BCUT2D eigenvalue weighted by atomic mass is 16.5. The van der Waals surface area contributed by atoms with Crippen LogP contribution in [0.25, 0.3) is 0 Å². The lowest BCUT2D eigenvalue weighted by atomic mass is 10.4. The second kappa shape index (κ2) is 6.23. The Hall–Kier alpha value is -1.30. The van der Waals surface area contributed by atoms with E-state index >= 15 is 0 Å². The molecule has 0 spiro atoms. The van der Waals surface area contributed by atoms with Crippen LogP contribution in [0, 0.1) is 0 Å². The summed E-state index contributed by atoms with van der Waals surface area (Å²) in [6, 6.07) is -0.151. The van der Waals surface area contributed by atoms with E-state index in [0.717, 1.165) is 0 Å². The normalized spacial score (nSPS) is 15.9. The highest BCUT2D eigenvalue weighted by Gasteiger charge is 2.16. The van der Waals surface area contributed by atoms with Crippen molar-refractivity contribution in [3.05, 3.63) is 0 Å². The third-order valence-electron chi connectivity index (χ3n) is 2.13. The van der Waals surface area contributed by atoms with E-state index in [4.69, 9.17) is 4.74 Å². The van der Waals surface area contributed by atoms with Gasteiger partial charge in [-0.25, -0.2) is 4.79 Å². The van der Waals surface area contributed by atoms with Crippen molar-refractivity contribution in [1.82, 2.24) is 10.2 Å². The number of amides is 2. The van der Waals surface area contributed by atoms with Crippen molar-refractivity contribution in [3.8, 4) is 0 Å². The minimum Gasteiger partial charge on any atom is -0.469 e. The van der Waals surface area contributed by atoms with Crippen molar-refractivity contribution in [2.45, 2.75) is 6.42 Å². The predicted octanol–water partition coefficient (Wildman–Crippen LogP) is -0.409. The molecule has 0 bridgehead atoms. The van der Waals surface area contributed by atoms with Crippen molar-refractivity contribution in [2.75, 3.05) is 40.0 Å². The lowest BCUT2D eigenvalue weighted by Gasteiger charge is -2.26. The summed E-state index contributed by atoms with van der Waals surface area (Å²) >= 11 is 0. The van der Waals surface area contributed by atoms with Gasteiger partial charge in [0.1, 0.15) is 0 Å². The van der Waals surface area contributed by atoms with Gasteiger partial charge in [0.25, 0.3) is 0 Å². The van der Waals surface area contributed by atoms with Gasteiger partial charge in [-0.3, -0.25) is 4.79 Å². The van der Waals surface area contributed by atoms with Gasteiger partial charge in [0, 0.05) is 19.6 Å². The molecule has 1 saturated heterocycles. The largest absolute Gasteiger partial charge is 0.469 e. The molecule has 0 atom stereocenters. The number of methoxy groups -OCH3 is 1. The predicted molar refractivity (Wildman–Crippen MR) is 52.4 cm³/mol. The van der Waals surface area contributed by atoms with E-state index in [-0.39, 0.29) is 18.4 Å². The van der Waals surface area contributed by atoms with Crippen LogP contribution in [0.5, 0.6) is 0 Å². The molecule has 0 aromatic rings. The molecule has 0 unspecified atom stereocenters. The minimum atomic E-state index is -0.322. The summed E-state index contributed by atoms with van der Waals surface area (Å²) < 4.78 is 9.57. The van der Waals surface area contributed by atoms with E-state index in [9.17, 15) is 9.59 Å². The molecule has 1 aliphatic heterocycles. The van der Waals surface area contributed by atoms with Crippen LogP contribution in [0.3, 0.4) is 0 Å². The van der Waals surface area contributed by atoms with Gasteiger partial charge < -0.3 is 19.7 Å². The summed E-state index contributed by atoms with van der Waals surface area (Å²) in [6.45, 7) is 2.66. The maximum absolute atomic E-state index is 11.5. The summed E-state index contributed by atoms with van der Waals surface area (Å²) in [5, 5.41) is 2.65. The van der Waals surface area contributed by atoms with Crippen LogP contribution >= 0.6 is 0 Å². The van der Waals surface area contributed by atoms with Crippen LogP contribution in [-0.4, -0.2) is 56.9 Å². The number of morpholine rings is 1. The van der Waals surface area contributed by atoms with Crippen molar-refractivity contribution >= 4 is 12.0 Å². The van der Waals surface area contributed by atoms with Crippen LogP contribution in [0.15, 0.2) is 0 Å². The summed E-state index contributed by atoms with van der Waals surface area (Å²) in [5.74, 6) is -0.322. The number of urea groups is 1. The van der Waals surface area contributed by atoms with Gasteiger partial charge in [0.05, 0.1) is 26.7 Å². The second-order valence-electron chi connectivity index (χ2n) is 3.16. The standard InChI is InChI=1S/C9H16N2O4/c1-14-8(12)2-3-10-9(13)11-4-6-15-7-5-11/h2-7H2,1H3,(H,10,13). The van der Waals surface area contributed by atoms with E-state index in [0.29, 0.717) is 32.8 Å². The van der Waals surface area contributed by atoms with Crippen molar-refractivity contribution in [2.24, 2.45) is 0 Å². The molecular formula is C9H16N2O4. The van der Waals surface area contributed by atoms with Gasteiger partial charge in [-0.1, -0.05) is 0 Å². The molecule has 15 heavy (non-hydrogen) atoms. The highest BCUT2D eigenvalue weighted by molar-refractivity contribution is 5.75. The Morgan fingerprint density at radius 3 is 2.67 bits per heavy atom. The van der Waals surface area contributed by atoms with Crippen LogP contribution in [0.1, 0.15) is 6.42 Å². The van der Waals surface area contributed by atoms with Crippen LogP contribution in [0.4, 0.5) is 4.79 Å². The summed E-state index contributed by atoms with van der Waals surface area (Å²) in [5.41, 5.74) is 0. The maximum atomic E-state index is 11.5. The number of rotatable bonds is 3. The molecule has 0 aromatic carbocycles. The maximum Gasteiger partial charge on any atom is 0.317 e. The first-order valence-corrected chi connectivity index (χ1v) is 4.91. The van der Waals surface area contributed by atoms with Gasteiger partial charge in [-0.15, -0.1) is 0 Å². The number of hydrogen-bond acceptors (Lipinski definition) is 4. The number of hydrogen-bond donors (Lipinski definition) is 1. The molecule has 1 fully saturated rings. The number of nitrogens with zero attached hydrogens (tertiary/aromatic N) is 1. The number of carbonyl (C=O) groups excluding carboxylic acids is 2. The Morgan fingerprint density at radius 1 is 1.40 bits per heavy atom. The minimum absolute atomic E-state index is 0.151. The molecule has 0 aromatic heterocycles. The van der Waals surface area contributed by atoms with Crippen LogP contribution in [-0.2, 0) is 14.3 Å². The number of nitrogens with one attached hydrogen (secondary N) is 1. The molecule has 1 heterocycles. The number of esters is 1. The third-order valence-corrected chi connectivity index (χ3v) is 2.13.